The second-order valence-corrected chi connectivity index (χ2v) is 7.17. The number of esters is 1. The maximum atomic E-state index is 12.3. The summed E-state index contributed by atoms with van der Waals surface area (Å²) < 4.78 is 4.95. The molecule has 0 aliphatic carbocycles. The molecule has 2 N–H and O–H groups in total. The molecule has 0 radical (unpaired) electrons. The van der Waals surface area contributed by atoms with Crippen LogP contribution < -0.4 is 5.32 Å². The van der Waals surface area contributed by atoms with Crippen molar-refractivity contribution in [2.24, 2.45) is 0 Å². The number of carbonyl (C=O) groups excluding carboxylic acids is 2. The van der Waals surface area contributed by atoms with Crippen LogP contribution in [-0.4, -0.2) is 39.2 Å². The van der Waals surface area contributed by atoms with Crippen molar-refractivity contribution in [2.45, 2.75) is 11.9 Å². The van der Waals surface area contributed by atoms with Gasteiger partial charge >= 0.3 is 5.97 Å². The van der Waals surface area contributed by atoms with E-state index in [0.717, 1.165) is 27.0 Å². The third kappa shape index (κ3) is 4.07. The summed E-state index contributed by atoms with van der Waals surface area (Å²) >= 11 is 1.34. The smallest absolute Gasteiger partial charge is 0.338 e. The summed E-state index contributed by atoms with van der Waals surface area (Å²) in [5, 5.41) is 4.57. The lowest BCUT2D eigenvalue weighted by atomic mass is 10.2. The van der Waals surface area contributed by atoms with E-state index in [2.05, 4.69) is 20.3 Å². The van der Waals surface area contributed by atoms with E-state index in [1.54, 1.807) is 31.2 Å². The Bertz CT molecular complexity index is 1190. The number of aromatic nitrogens is 3. The molecule has 0 saturated carbocycles. The van der Waals surface area contributed by atoms with E-state index in [1.165, 1.54) is 18.1 Å². The zero-order valence-corrected chi connectivity index (χ0v) is 16.5. The van der Waals surface area contributed by atoms with Gasteiger partial charge in [-0.1, -0.05) is 30.0 Å². The standard InChI is InChI=1S/C21H18N4O3S/c1-2-28-21(27)13-7-9-14(10-8-13)24-17(26)11-29-20-19-18(22-12-23-20)15-5-3-4-6-16(15)25-19/h3-10,12,25H,2,11H2,1H3,(H,24,26). The van der Waals surface area contributed by atoms with Gasteiger partial charge in [-0.3, -0.25) is 4.79 Å². The molecule has 0 spiro atoms. The number of carbonyl (C=O) groups is 2. The van der Waals surface area contributed by atoms with Crippen LogP contribution in [0.1, 0.15) is 17.3 Å². The van der Waals surface area contributed by atoms with Crippen LogP contribution in [0.4, 0.5) is 5.69 Å². The van der Waals surface area contributed by atoms with Gasteiger partial charge in [0.05, 0.1) is 23.4 Å². The van der Waals surface area contributed by atoms with Crippen molar-refractivity contribution in [3.8, 4) is 0 Å². The molecule has 0 aliphatic rings. The van der Waals surface area contributed by atoms with Crippen LogP contribution in [0.3, 0.4) is 0 Å². The molecular formula is C21H18N4O3S. The number of nitrogens with one attached hydrogen (secondary N) is 2. The average Bonchev–Trinajstić information content (AvgIpc) is 3.12. The van der Waals surface area contributed by atoms with E-state index >= 15 is 0 Å². The van der Waals surface area contributed by atoms with Crippen LogP contribution >= 0.6 is 11.8 Å². The normalized spacial score (nSPS) is 10.9. The van der Waals surface area contributed by atoms with E-state index < -0.39 is 0 Å². The van der Waals surface area contributed by atoms with Crippen LogP contribution in [-0.2, 0) is 9.53 Å². The van der Waals surface area contributed by atoms with Crippen LogP contribution in [0, 0.1) is 0 Å². The van der Waals surface area contributed by atoms with Crippen molar-refractivity contribution < 1.29 is 14.3 Å². The molecular weight excluding hydrogens is 388 g/mol. The van der Waals surface area contributed by atoms with Gasteiger partial charge in [0.15, 0.2) is 0 Å². The van der Waals surface area contributed by atoms with Crippen LogP contribution in [0.25, 0.3) is 21.9 Å². The van der Waals surface area contributed by atoms with Gasteiger partial charge in [0.25, 0.3) is 0 Å². The average molecular weight is 406 g/mol. The molecule has 4 rings (SSSR count). The van der Waals surface area contributed by atoms with Crippen molar-refractivity contribution in [3.63, 3.8) is 0 Å². The predicted molar refractivity (Wildman–Crippen MR) is 113 cm³/mol. The number of amides is 1. The molecule has 0 atom stereocenters. The Morgan fingerprint density at radius 2 is 1.90 bits per heavy atom. The molecule has 0 unspecified atom stereocenters. The second-order valence-electron chi connectivity index (χ2n) is 6.21. The quantitative estimate of drug-likeness (QED) is 0.285. The lowest BCUT2D eigenvalue weighted by molar-refractivity contribution is -0.113. The lowest BCUT2D eigenvalue weighted by Crippen LogP contribution is -2.14. The van der Waals surface area contributed by atoms with Gasteiger partial charge in [0.2, 0.25) is 5.91 Å². The van der Waals surface area contributed by atoms with Gasteiger partial charge in [-0.2, -0.15) is 0 Å². The first-order chi connectivity index (χ1) is 14.2. The Balaban J connectivity index is 1.43. The van der Waals surface area contributed by atoms with E-state index in [9.17, 15) is 9.59 Å². The number of para-hydroxylation sites is 1. The van der Waals surface area contributed by atoms with Gasteiger partial charge in [-0.25, -0.2) is 14.8 Å². The molecule has 2 aromatic heterocycles. The molecule has 0 bridgehead atoms. The van der Waals surface area contributed by atoms with Gasteiger partial charge in [0, 0.05) is 16.6 Å². The summed E-state index contributed by atoms with van der Waals surface area (Å²) in [6.07, 6.45) is 1.51. The van der Waals surface area contributed by atoms with Crippen molar-refractivity contribution >= 4 is 51.3 Å². The minimum absolute atomic E-state index is 0.165. The lowest BCUT2D eigenvalue weighted by Gasteiger charge is -2.06. The monoisotopic (exact) mass is 406 g/mol. The third-order valence-corrected chi connectivity index (χ3v) is 5.26. The fourth-order valence-corrected chi connectivity index (χ4v) is 3.72. The zero-order chi connectivity index (χ0) is 20.2. The Morgan fingerprint density at radius 1 is 1.10 bits per heavy atom. The third-order valence-electron chi connectivity index (χ3n) is 4.27. The fourth-order valence-electron chi connectivity index (χ4n) is 2.96. The van der Waals surface area contributed by atoms with Gasteiger partial charge in [-0.15, -0.1) is 0 Å². The minimum Gasteiger partial charge on any atom is -0.462 e. The molecule has 4 aromatic rings. The number of nitrogens with zero attached hydrogens (tertiary/aromatic N) is 2. The number of hydrogen-bond acceptors (Lipinski definition) is 6. The minimum atomic E-state index is -0.382. The maximum Gasteiger partial charge on any atom is 0.338 e. The maximum absolute atomic E-state index is 12.3. The molecule has 0 aliphatic heterocycles. The zero-order valence-electron chi connectivity index (χ0n) is 15.6. The molecule has 7 nitrogen and oxygen atoms in total. The van der Waals surface area contributed by atoms with Crippen molar-refractivity contribution in [2.75, 3.05) is 17.7 Å². The van der Waals surface area contributed by atoms with E-state index in [-0.39, 0.29) is 17.6 Å². The molecule has 146 valence electrons. The van der Waals surface area contributed by atoms with Crippen molar-refractivity contribution in [3.05, 3.63) is 60.4 Å². The number of ether oxygens (including phenoxy) is 1. The Morgan fingerprint density at radius 3 is 2.69 bits per heavy atom. The van der Waals surface area contributed by atoms with E-state index in [4.69, 9.17) is 4.74 Å². The highest BCUT2D eigenvalue weighted by atomic mass is 32.2. The van der Waals surface area contributed by atoms with Crippen molar-refractivity contribution in [1.29, 1.82) is 0 Å². The topological polar surface area (TPSA) is 97.0 Å². The highest BCUT2D eigenvalue weighted by molar-refractivity contribution is 8.00. The first-order valence-corrected chi connectivity index (χ1v) is 10.1. The highest BCUT2D eigenvalue weighted by Gasteiger charge is 2.13. The number of H-pyrrole nitrogens is 1. The highest BCUT2D eigenvalue weighted by Crippen LogP contribution is 2.29. The van der Waals surface area contributed by atoms with E-state index in [0.29, 0.717) is 17.9 Å². The molecule has 1 amide bonds. The van der Waals surface area contributed by atoms with Crippen molar-refractivity contribution in [1.82, 2.24) is 15.0 Å². The number of aromatic amines is 1. The van der Waals surface area contributed by atoms with Gasteiger partial charge in [-0.05, 0) is 37.3 Å². The number of anilines is 1. The number of benzene rings is 2. The first-order valence-electron chi connectivity index (χ1n) is 9.07. The summed E-state index contributed by atoms with van der Waals surface area (Å²) in [4.78, 5) is 36.0. The second kappa shape index (κ2) is 8.32. The fraction of sp³-hybridized carbons (Fsp3) is 0.143. The number of thioether (sulfide) groups is 1. The Kier molecular flexibility index (Phi) is 5.44. The predicted octanol–water partition coefficient (Wildman–Crippen LogP) is 4.02. The number of hydrogen-bond donors (Lipinski definition) is 2. The van der Waals surface area contributed by atoms with Crippen LogP contribution in [0.15, 0.2) is 59.9 Å². The molecule has 0 saturated heterocycles. The molecule has 2 heterocycles. The Hall–Kier alpha value is -3.39. The molecule has 8 heteroatoms. The Labute approximate surface area is 170 Å². The molecule has 29 heavy (non-hydrogen) atoms. The summed E-state index contributed by atoms with van der Waals surface area (Å²) in [6, 6.07) is 14.5. The van der Waals surface area contributed by atoms with Gasteiger partial charge < -0.3 is 15.0 Å². The van der Waals surface area contributed by atoms with Crippen LogP contribution in [0.2, 0.25) is 0 Å². The summed E-state index contributed by atoms with van der Waals surface area (Å²) in [5.74, 6) is -0.352. The molecule has 0 fully saturated rings. The first kappa shape index (κ1) is 18.9. The van der Waals surface area contributed by atoms with Crippen LogP contribution in [0.5, 0.6) is 0 Å². The largest absolute Gasteiger partial charge is 0.462 e. The summed E-state index contributed by atoms with van der Waals surface area (Å²) in [5.41, 5.74) is 3.71. The SMILES string of the molecule is CCOC(=O)c1ccc(NC(=O)CSc2ncnc3c2[nH]c2ccccc23)cc1. The summed E-state index contributed by atoms with van der Waals surface area (Å²) in [6.45, 7) is 2.08. The van der Waals surface area contributed by atoms with Gasteiger partial charge in [0.1, 0.15) is 16.9 Å². The number of rotatable bonds is 6. The van der Waals surface area contributed by atoms with E-state index in [1.807, 2.05) is 24.3 Å². The summed E-state index contributed by atoms with van der Waals surface area (Å²) in [7, 11) is 0. The number of fused-ring (bicyclic) bond motifs is 3. The molecule has 2 aromatic carbocycles.